The fourth-order valence-corrected chi connectivity index (χ4v) is 2.22. The molecule has 82 valence electrons. The zero-order valence-electron chi connectivity index (χ0n) is 9.29. The van der Waals surface area contributed by atoms with E-state index >= 15 is 0 Å². The first-order chi connectivity index (χ1) is 7.74. The van der Waals surface area contributed by atoms with E-state index in [9.17, 15) is 4.79 Å². The molecule has 3 rings (SSSR count). The summed E-state index contributed by atoms with van der Waals surface area (Å²) in [5.41, 5.74) is 3.78. The number of rotatable bonds is 1. The van der Waals surface area contributed by atoms with E-state index in [1.54, 1.807) is 0 Å². The molecule has 3 nitrogen and oxygen atoms in total. The zero-order chi connectivity index (χ0) is 11.1. The summed E-state index contributed by atoms with van der Waals surface area (Å²) in [5, 5.41) is 0. The largest absolute Gasteiger partial charge is 0.320 e. The number of hydrogen-bond donors (Lipinski definition) is 1. The van der Waals surface area contributed by atoms with Crippen LogP contribution in [0.1, 0.15) is 36.3 Å². The molecule has 1 fully saturated rings. The fourth-order valence-electron chi connectivity index (χ4n) is 2.22. The van der Waals surface area contributed by atoms with E-state index in [0.717, 1.165) is 35.0 Å². The van der Waals surface area contributed by atoms with E-state index in [2.05, 4.69) is 9.97 Å². The number of nitrogens with zero attached hydrogens (tertiary/aromatic N) is 1. The molecule has 0 amide bonds. The molecule has 0 aromatic carbocycles. The Kier molecular flexibility index (Phi) is 2.06. The average molecular weight is 214 g/mol. The second-order valence-corrected chi connectivity index (χ2v) is 4.63. The quantitative estimate of drug-likeness (QED) is 0.792. The van der Waals surface area contributed by atoms with Gasteiger partial charge in [0, 0.05) is 11.8 Å². The van der Waals surface area contributed by atoms with Crippen molar-refractivity contribution < 1.29 is 0 Å². The molecule has 0 unspecified atom stereocenters. The number of hydrogen-bond acceptors (Lipinski definition) is 2. The predicted octanol–water partition coefficient (Wildman–Crippen LogP) is 2.50. The second kappa shape index (κ2) is 3.44. The first-order valence-electron chi connectivity index (χ1n) is 5.73. The Morgan fingerprint density at radius 1 is 1.38 bits per heavy atom. The Morgan fingerprint density at radius 3 is 2.88 bits per heavy atom. The summed E-state index contributed by atoms with van der Waals surface area (Å²) in [5.74, 6) is 0.455. The number of pyridine rings is 2. The van der Waals surface area contributed by atoms with Gasteiger partial charge in [-0.25, -0.2) is 0 Å². The van der Waals surface area contributed by atoms with E-state index < -0.39 is 0 Å². The van der Waals surface area contributed by atoms with Crippen LogP contribution in [0.3, 0.4) is 0 Å². The van der Waals surface area contributed by atoms with Crippen molar-refractivity contribution in [1.82, 2.24) is 9.97 Å². The summed E-state index contributed by atoms with van der Waals surface area (Å²) in [7, 11) is 0. The van der Waals surface area contributed by atoms with Crippen LogP contribution < -0.4 is 5.56 Å². The van der Waals surface area contributed by atoms with Crippen molar-refractivity contribution in [3.05, 3.63) is 39.8 Å². The number of nitrogens with one attached hydrogen (secondary N) is 1. The van der Waals surface area contributed by atoms with Gasteiger partial charge >= 0.3 is 0 Å². The van der Waals surface area contributed by atoms with Gasteiger partial charge in [-0.05, 0) is 43.4 Å². The standard InChI is InChI=1S/C13H14N2O/c1-8-5-12-11(14-7-8)6-10(13(16)15-12)9-3-2-4-9/h5-7,9H,2-4H2,1H3,(H,15,16). The van der Waals surface area contributed by atoms with E-state index in [0.29, 0.717) is 5.92 Å². The van der Waals surface area contributed by atoms with Crippen LogP contribution in [0.25, 0.3) is 11.0 Å². The van der Waals surface area contributed by atoms with Crippen LogP contribution in [0, 0.1) is 6.92 Å². The normalized spacial score (nSPS) is 16.3. The van der Waals surface area contributed by atoms with Gasteiger partial charge in [0.25, 0.3) is 5.56 Å². The number of aromatic amines is 1. The first-order valence-corrected chi connectivity index (χ1v) is 5.73. The zero-order valence-corrected chi connectivity index (χ0v) is 9.29. The van der Waals surface area contributed by atoms with Gasteiger partial charge < -0.3 is 4.98 Å². The summed E-state index contributed by atoms with van der Waals surface area (Å²) in [6.45, 7) is 1.98. The van der Waals surface area contributed by atoms with Crippen molar-refractivity contribution in [3.63, 3.8) is 0 Å². The maximum atomic E-state index is 11.9. The summed E-state index contributed by atoms with van der Waals surface area (Å²) < 4.78 is 0. The molecular formula is C13H14N2O. The van der Waals surface area contributed by atoms with E-state index in [1.165, 1.54) is 6.42 Å². The molecular weight excluding hydrogens is 200 g/mol. The van der Waals surface area contributed by atoms with Crippen LogP contribution in [0.5, 0.6) is 0 Å². The number of H-pyrrole nitrogens is 1. The molecule has 0 aliphatic heterocycles. The highest BCUT2D eigenvalue weighted by molar-refractivity contribution is 5.75. The second-order valence-electron chi connectivity index (χ2n) is 4.63. The molecule has 1 aliphatic carbocycles. The fraction of sp³-hybridized carbons (Fsp3) is 0.385. The van der Waals surface area contributed by atoms with Gasteiger partial charge in [0.1, 0.15) is 0 Å². The summed E-state index contributed by atoms with van der Waals surface area (Å²) >= 11 is 0. The van der Waals surface area contributed by atoms with Crippen LogP contribution in [0.4, 0.5) is 0 Å². The van der Waals surface area contributed by atoms with Crippen LogP contribution in [-0.4, -0.2) is 9.97 Å². The number of fused-ring (bicyclic) bond motifs is 1. The molecule has 2 aromatic rings. The third-order valence-electron chi connectivity index (χ3n) is 3.40. The Hall–Kier alpha value is -1.64. The van der Waals surface area contributed by atoms with E-state index in [4.69, 9.17) is 0 Å². The lowest BCUT2D eigenvalue weighted by atomic mass is 9.80. The summed E-state index contributed by atoms with van der Waals surface area (Å²) in [6.07, 6.45) is 5.36. The molecule has 1 saturated carbocycles. The van der Waals surface area contributed by atoms with Crippen LogP contribution in [0.2, 0.25) is 0 Å². The van der Waals surface area contributed by atoms with Crippen molar-refractivity contribution in [2.45, 2.75) is 32.1 Å². The van der Waals surface area contributed by atoms with Crippen LogP contribution in [-0.2, 0) is 0 Å². The van der Waals surface area contributed by atoms with Crippen molar-refractivity contribution >= 4 is 11.0 Å². The molecule has 2 aromatic heterocycles. The third kappa shape index (κ3) is 1.43. The van der Waals surface area contributed by atoms with Gasteiger partial charge in [0.15, 0.2) is 0 Å². The molecule has 0 saturated heterocycles. The third-order valence-corrected chi connectivity index (χ3v) is 3.40. The van der Waals surface area contributed by atoms with Crippen molar-refractivity contribution in [3.8, 4) is 0 Å². The van der Waals surface area contributed by atoms with Gasteiger partial charge in [0.2, 0.25) is 0 Å². The van der Waals surface area contributed by atoms with Crippen molar-refractivity contribution in [1.29, 1.82) is 0 Å². The monoisotopic (exact) mass is 214 g/mol. The first kappa shape index (κ1) is 9.58. The van der Waals surface area contributed by atoms with Crippen LogP contribution >= 0.6 is 0 Å². The van der Waals surface area contributed by atoms with Crippen molar-refractivity contribution in [2.24, 2.45) is 0 Å². The van der Waals surface area contributed by atoms with Gasteiger partial charge in [-0.3, -0.25) is 9.78 Å². The maximum Gasteiger partial charge on any atom is 0.252 e. The molecule has 0 atom stereocenters. The molecule has 0 bridgehead atoms. The summed E-state index contributed by atoms with van der Waals surface area (Å²) in [4.78, 5) is 19.2. The van der Waals surface area contributed by atoms with Crippen LogP contribution in [0.15, 0.2) is 23.1 Å². The molecule has 1 N–H and O–H groups in total. The predicted molar refractivity (Wildman–Crippen MR) is 63.7 cm³/mol. The molecule has 0 spiro atoms. The molecule has 2 heterocycles. The Bertz CT molecular complexity index is 596. The Balaban J connectivity index is 2.21. The highest BCUT2D eigenvalue weighted by atomic mass is 16.1. The molecule has 0 radical (unpaired) electrons. The smallest absolute Gasteiger partial charge is 0.252 e. The average Bonchev–Trinajstić information content (AvgIpc) is 2.16. The molecule has 16 heavy (non-hydrogen) atoms. The lowest BCUT2D eigenvalue weighted by Crippen LogP contribution is -2.20. The minimum absolute atomic E-state index is 0.0598. The minimum atomic E-state index is 0.0598. The highest BCUT2D eigenvalue weighted by Gasteiger charge is 2.22. The Labute approximate surface area is 93.5 Å². The van der Waals surface area contributed by atoms with Crippen molar-refractivity contribution in [2.75, 3.05) is 0 Å². The topological polar surface area (TPSA) is 45.8 Å². The number of aryl methyl sites for hydroxylation is 1. The number of aromatic nitrogens is 2. The molecule has 1 aliphatic rings. The van der Waals surface area contributed by atoms with Gasteiger partial charge in [-0.2, -0.15) is 0 Å². The van der Waals surface area contributed by atoms with E-state index in [1.807, 2.05) is 25.3 Å². The summed E-state index contributed by atoms with van der Waals surface area (Å²) in [6, 6.07) is 3.92. The lowest BCUT2D eigenvalue weighted by molar-refractivity contribution is 0.417. The Morgan fingerprint density at radius 2 is 2.19 bits per heavy atom. The maximum absolute atomic E-state index is 11.9. The van der Waals surface area contributed by atoms with Gasteiger partial charge in [0.05, 0.1) is 11.0 Å². The van der Waals surface area contributed by atoms with Gasteiger partial charge in [-0.15, -0.1) is 0 Å². The molecule has 3 heteroatoms. The van der Waals surface area contributed by atoms with Gasteiger partial charge in [-0.1, -0.05) is 6.42 Å². The minimum Gasteiger partial charge on any atom is -0.320 e. The SMILES string of the molecule is Cc1cnc2cc(C3CCC3)c(=O)[nH]c2c1. The lowest BCUT2D eigenvalue weighted by Gasteiger charge is -2.24. The van der Waals surface area contributed by atoms with E-state index in [-0.39, 0.29) is 5.56 Å². The highest BCUT2D eigenvalue weighted by Crippen LogP contribution is 2.34.